The summed E-state index contributed by atoms with van der Waals surface area (Å²) in [5, 5.41) is 9.35. The van der Waals surface area contributed by atoms with Gasteiger partial charge in [-0.3, -0.25) is 0 Å². The Hall–Kier alpha value is -1.69. The van der Waals surface area contributed by atoms with Crippen LogP contribution in [0, 0.1) is 0 Å². The van der Waals surface area contributed by atoms with Crippen molar-refractivity contribution in [2.75, 3.05) is 5.73 Å². The summed E-state index contributed by atoms with van der Waals surface area (Å²) in [6.07, 6.45) is 1.43. The van der Waals surface area contributed by atoms with E-state index in [0.717, 1.165) is 4.70 Å². The number of pyridine rings is 1. The molecule has 0 aromatic carbocycles. The molecule has 0 spiro atoms. The quantitative estimate of drug-likeness (QED) is 0.707. The number of aromatic carboxylic acids is 1. The summed E-state index contributed by atoms with van der Waals surface area (Å²) < 4.78 is 4.62. The molecule has 5 nitrogen and oxygen atoms in total. The minimum atomic E-state index is -1.05. The second kappa shape index (κ2) is 2.67. The molecule has 0 aliphatic rings. The lowest BCUT2D eigenvalue weighted by atomic mass is 10.3. The maximum absolute atomic E-state index is 10.5. The molecule has 0 amide bonds. The van der Waals surface area contributed by atoms with E-state index < -0.39 is 5.97 Å². The Morgan fingerprint density at radius 1 is 1.62 bits per heavy atom. The van der Waals surface area contributed by atoms with Crippen molar-refractivity contribution in [2.24, 2.45) is 0 Å². The first-order chi connectivity index (χ1) is 6.18. The molecule has 3 N–H and O–H groups in total. The lowest BCUT2D eigenvalue weighted by molar-refractivity contribution is 0.0691. The van der Waals surface area contributed by atoms with Gasteiger partial charge in [0.05, 0.1) is 10.1 Å². The maximum atomic E-state index is 10.5. The zero-order valence-electron chi connectivity index (χ0n) is 6.39. The van der Waals surface area contributed by atoms with Crippen LogP contribution in [0.2, 0.25) is 0 Å². The molecule has 2 aromatic heterocycles. The SMILES string of the molecule is Nc1nsc2cc(C(=O)O)ncc12. The number of anilines is 1. The summed E-state index contributed by atoms with van der Waals surface area (Å²) in [5.41, 5.74) is 5.52. The normalized spacial score (nSPS) is 10.5. The van der Waals surface area contributed by atoms with E-state index in [1.165, 1.54) is 23.8 Å². The van der Waals surface area contributed by atoms with Gasteiger partial charge >= 0.3 is 5.97 Å². The number of fused-ring (bicyclic) bond motifs is 1. The van der Waals surface area contributed by atoms with Crippen molar-refractivity contribution in [3.63, 3.8) is 0 Å². The summed E-state index contributed by atoms with van der Waals surface area (Å²) in [6.45, 7) is 0. The number of aromatic nitrogens is 2. The maximum Gasteiger partial charge on any atom is 0.354 e. The van der Waals surface area contributed by atoms with Crippen LogP contribution in [0.4, 0.5) is 5.82 Å². The zero-order chi connectivity index (χ0) is 9.42. The number of hydrogen-bond donors (Lipinski definition) is 2. The number of nitrogen functional groups attached to an aromatic ring is 1. The molecule has 13 heavy (non-hydrogen) atoms. The van der Waals surface area contributed by atoms with Gasteiger partial charge in [0.15, 0.2) is 0 Å². The molecule has 2 rings (SSSR count). The molecule has 0 aliphatic carbocycles. The van der Waals surface area contributed by atoms with Gasteiger partial charge in [-0.05, 0) is 17.6 Å². The molecular formula is C7H5N3O2S. The van der Waals surface area contributed by atoms with E-state index >= 15 is 0 Å². The number of nitrogens with zero attached hydrogens (tertiary/aromatic N) is 2. The molecule has 0 bridgehead atoms. The highest BCUT2D eigenvalue weighted by Gasteiger charge is 2.08. The van der Waals surface area contributed by atoms with Crippen molar-refractivity contribution in [3.8, 4) is 0 Å². The van der Waals surface area contributed by atoms with Crippen LogP contribution in [0.5, 0.6) is 0 Å². The van der Waals surface area contributed by atoms with Gasteiger partial charge in [0.1, 0.15) is 11.5 Å². The molecule has 2 aromatic rings. The minimum Gasteiger partial charge on any atom is -0.477 e. The van der Waals surface area contributed by atoms with Crippen LogP contribution >= 0.6 is 11.5 Å². The Morgan fingerprint density at radius 3 is 3.08 bits per heavy atom. The fraction of sp³-hybridized carbons (Fsp3) is 0. The van der Waals surface area contributed by atoms with Crippen molar-refractivity contribution < 1.29 is 9.90 Å². The van der Waals surface area contributed by atoms with Crippen molar-refractivity contribution in [1.82, 2.24) is 9.36 Å². The standard InChI is InChI=1S/C7H5N3O2S/c8-6-3-2-9-4(7(11)12)1-5(3)13-10-6/h1-2H,(H2,8,10)(H,11,12). The molecule has 0 fully saturated rings. The lowest BCUT2D eigenvalue weighted by Gasteiger charge is -1.92. The molecule has 0 unspecified atom stereocenters. The highest BCUT2D eigenvalue weighted by atomic mass is 32.1. The molecular weight excluding hydrogens is 190 g/mol. The molecule has 0 atom stereocenters. The summed E-state index contributed by atoms with van der Waals surface area (Å²) >= 11 is 1.17. The van der Waals surface area contributed by atoms with Crippen LogP contribution in [-0.4, -0.2) is 20.4 Å². The van der Waals surface area contributed by atoms with Crippen molar-refractivity contribution in [2.45, 2.75) is 0 Å². The van der Waals surface area contributed by atoms with E-state index in [1.54, 1.807) is 0 Å². The van der Waals surface area contributed by atoms with E-state index in [-0.39, 0.29) is 5.69 Å². The molecule has 0 saturated heterocycles. The molecule has 0 saturated carbocycles. The first-order valence-corrected chi connectivity index (χ1v) is 4.20. The molecule has 66 valence electrons. The number of hydrogen-bond acceptors (Lipinski definition) is 5. The van der Waals surface area contributed by atoms with Crippen LogP contribution in [0.15, 0.2) is 12.3 Å². The van der Waals surface area contributed by atoms with Gasteiger partial charge in [-0.15, -0.1) is 0 Å². The number of rotatable bonds is 1. The first-order valence-electron chi connectivity index (χ1n) is 3.42. The molecule has 6 heteroatoms. The van der Waals surface area contributed by atoms with Gasteiger partial charge in [-0.25, -0.2) is 9.78 Å². The van der Waals surface area contributed by atoms with Crippen molar-refractivity contribution >= 4 is 33.4 Å². The topological polar surface area (TPSA) is 89.1 Å². The number of nitrogens with two attached hydrogens (primary N) is 1. The van der Waals surface area contributed by atoms with Gasteiger partial charge in [-0.2, -0.15) is 4.37 Å². The number of carboxylic acid groups (broad SMARTS) is 1. The highest BCUT2D eigenvalue weighted by Crippen LogP contribution is 2.23. The van der Waals surface area contributed by atoms with Crippen LogP contribution in [-0.2, 0) is 0 Å². The van der Waals surface area contributed by atoms with Crippen LogP contribution in [0.3, 0.4) is 0 Å². The minimum absolute atomic E-state index is 0.0103. The third-order valence-electron chi connectivity index (χ3n) is 1.60. The summed E-state index contributed by atoms with van der Waals surface area (Å²) in [7, 11) is 0. The van der Waals surface area contributed by atoms with E-state index in [9.17, 15) is 4.79 Å². The summed E-state index contributed by atoms with van der Waals surface area (Å²) in [6, 6.07) is 1.46. The van der Waals surface area contributed by atoms with Crippen LogP contribution in [0.1, 0.15) is 10.5 Å². The largest absolute Gasteiger partial charge is 0.477 e. The Morgan fingerprint density at radius 2 is 2.38 bits per heavy atom. The molecule has 0 aliphatic heterocycles. The van der Waals surface area contributed by atoms with Crippen molar-refractivity contribution in [1.29, 1.82) is 0 Å². The average Bonchev–Trinajstić information content (AvgIpc) is 2.47. The Bertz CT molecular complexity index is 480. The number of carboxylic acids is 1. The second-order valence-electron chi connectivity index (χ2n) is 2.44. The number of carbonyl (C=O) groups is 1. The molecule has 0 radical (unpaired) electrons. The van der Waals surface area contributed by atoms with Crippen LogP contribution < -0.4 is 5.73 Å². The van der Waals surface area contributed by atoms with Gasteiger partial charge in [-0.1, -0.05) is 0 Å². The van der Waals surface area contributed by atoms with Gasteiger partial charge in [0.2, 0.25) is 0 Å². The predicted molar refractivity (Wildman–Crippen MR) is 48.8 cm³/mol. The van der Waals surface area contributed by atoms with E-state index in [0.29, 0.717) is 11.2 Å². The van der Waals surface area contributed by atoms with Crippen LogP contribution in [0.25, 0.3) is 10.1 Å². The smallest absolute Gasteiger partial charge is 0.354 e. The first kappa shape index (κ1) is 7.93. The highest BCUT2D eigenvalue weighted by molar-refractivity contribution is 7.13. The summed E-state index contributed by atoms with van der Waals surface area (Å²) in [5.74, 6) is -0.654. The van der Waals surface area contributed by atoms with E-state index in [1.807, 2.05) is 0 Å². The molecule has 2 heterocycles. The average molecular weight is 195 g/mol. The zero-order valence-corrected chi connectivity index (χ0v) is 7.21. The fourth-order valence-corrected chi connectivity index (χ4v) is 1.68. The predicted octanol–water partition coefficient (Wildman–Crippen LogP) is 0.972. The Labute approximate surface area is 77.0 Å². The van der Waals surface area contributed by atoms with Gasteiger partial charge < -0.3 is 10.8 Å². The van der Waals surface area contributed by atoms with Gasteiger partial charge in [0.25, 0.3) is 0 Å². The lowest BCUT2D eigenvalue weighted by Crippen LogP contribution is -1.98. The van der Waals surface area contributed by atoms with E-state index in [4.69, 9.17) is 10.8 Å². The third kappa shape index (κ3) is 1.20. The van der Waals surface area contributed by atoms with E-state index in [2.05, 4.69) is 9.36 Å². The van der Waals surface area contributed by atoms with Crippen molar-refractivity contribution in [3.05, 3.63) is 18.0 Å². The van der Waals surface area contributed by atoms with Gasteiger partial charge in [0, 0.05) is 6.20 Å². The Balaban J connectivity index is 2.70. The summed E-state index contributed by atoms with van der Waals surface area (Å²) in [4.78, 5) is 14.3. The third-order valence-corrected chi connectivity index (χ3v) is 2.43. The Kier molecular flexibility index (Phi) is 1.63. The second-order valence-corrected chi connectivity index (χ2v) is 3.24. The monoisotopic (exact) mass is 195 g/mol. The fourth-order valence-electron chi connectivity index (χ4n) is 0.969.